The van der Waals surface area contributed by atoms with Gasteiger partial charge in [0.15, 0.2) is 11.5 Å². The third-order valence-corrected chi connectivity index (χ3v) is 6.91. The van der Waals surface area contributed by atoms with Crippen molar-refractivity contribution in [2.45, 2.75) is 10.1 Å². The average Bonchev–Trinajstić information content (AvgIpc) is 3.40. The zero-order chi connectivity index (χ0) is 26.5. The molecule has 0 radical (unpaired) electrons. The van der Waals surface area contributed by atoms with Gasteiger partial charge in [0.2, 0.25) is 12.7 Å². The number of rotatable bonds is 8. The van der Waals surface area contributed by atoms with Gasteiger partial charge in [-0.3, -0.25) is 19.7 Å². The highest BCUT2D eigenvalue weighted by Crippen LogP contribution is 2.39. The number of hydrogen-bond donors (Lipinski definition) is 2. The van der Waals surface area contributed by atoms with Crippen LogP contribution in [0.15, 0.2) is 102 Å². The van der Waals surface area contributed by atoms with Crippen LogP contribution in [0, 0.1) is 10.1 Å². The first kappa shape index (κ1) is 24.8. The van der Waals surface area contributed by atoms with Gasteiger partial charge < -0.3 is 20.1 Å². The fourth-order valence-electron chi connectivity index (χ4n) is 3.80. The van der Waals surface area contributed by atoms with Crippen LogP contribution in [0.4, 0.5) is 17.1 Å². The third kappa shape index (κ3) is 5.76. The maximum atomic E-state index is 13.4. The molecule has 4 aromatic carbocycles. The van der Waals surface area contributed by atoms with Crippen LogP contribution >= 0.6 is 11.8 Å². The van der Waals surface area contributed by atoms with Gasteiger partial charge >= 0.3 is 0 Å². The lowest BCUT2D eigenvalue weighted by Gasteiger charge is -2.18. The lowest BCUT2D eigenvalue weighted by atomic mass is 10.1. The smallest absolute Gasteiger partial charge is 0.269 e. The molecule has 0 spiro atoms. The standard InChI is InChI=1S/C28H21N3O6S/c32-27(19-9-12-22(13-10-19)31(34)35)29-20-7-4-8-23(15-20)38-26(18-5-2-1-3-6-18)28(33)30-21-11-14-24-25(16-21)37-17-36-24/h1-16,26H,17H2,(H,29,32)(H,30,33). The molecule has 0 fully saturated rings. The number of fused-ring (bicyclic) bond motifs is 1. The highest BCUT2D eigenvalue weighted by molar-refractivity contribution is 8.00. The number of thioether (sulfide) groups is 1. The summed E-state index contributed by atoms with van der Waals surface area (Å²) in [4.78, 5) is 37.2. The number of benzene rings is 4. The number of carbonyl (C=O) groups is 2. The van der Waals surface area contributed by atoms with Crippen molar-refractivity contribution >= 4 is 40.6 Å². The topological polar surface area (TPSA) is 120 Å². The van der Waals surface area contributed by atoms with Crippen LogP contribution in [0.1, 0.15) is 21.2 Å². The van der Waals surface area contributed by atoms with Crippen molar-refractivity contribution in [2.75, 3.05) is 17.4 Å². The van der Waals surface area contributed by atoms with Crippen LogP contribution in [0.2, 0.25) is 0 Å². The molecule has 190 valence electrons. The monoisotopic (exact) mass is 527 g/mol. The zero-order valence-electron chi connectivity index (χ0n) is 19.8. The van der Waals surface area contributed by atoms with E-state index in [1.807, 2.05) is 36.4 Å². The number of ether oxygens (including phenoxy) is 2. The maximum absolute atomic E-state index is 13.4. The van der Waals surface area contributed by atoms with Crippen molar-refractivity contribution < 1.29 is 24.0 Å². The van der Waals surface area contributed by atoms with Crippen molar-refractivity contribution in [3.05, 3.63) is 118 Å². The van der Waals surface area contributed by atoms with Crippen LogP contribution < -0.4 is 20.1 Å². The van der Waals surface area contributed by atoms with E-state index < -0.39 is 16.1 Å². The second kappa shape index (κ2) is 11.1. The van der Waals surface area contributed by atoms with Gasteiger partial charge in [-0.05, 0) is 48.0 Å². The largest absolute Gasteiger partial charge is 0.454 e. The van der Waals surface area contributed by atoms with Crippen LogP contribution in [0.3, 0.4) is 0 Å². The molecule has 0 aromatic heterocycles. The van der Waals surface area contributed by atoms with Gasteiger partial charge in [0.1, 0.15) is 5.25 Å². The summed E-state index contributed by atoms with van der Waals surface area (Å²) in [5.41, 5.74) is 2.13. The highest BCUT2D eigenvalue weighted by atomic mass is 32.2. The lowest BCUT2D eigenvalue weighted by Crippen LogP contribution is -2.19. The number of non-ortho nitro benzene ring substituents is 1. The Balaban J connectivity index is 1.33. The predicted octanol–water partition coefficient (Wildman–Crippen LogP) is 6.05. The number of nitrogens with one attached hydrogen (secondary N) is 2. The molecule has 1 aliphatic rings. The van der Waals surface area contributed by atoms with Crippen molar-refractivity contribution in [1.82, 2.24) is 0 Å². The first-order valence-corrected chi connectivity index (χ1v) is 12.4. The van der Waals surface area contributed by atoms with E-state index in [9.17, 15) is 19.7 Å². The fraction of sp³-hybridized carbons (Fsp3) is 0.0714. The van der Waals surface area contributed by atoms with Gasteiger partial charge in [-0.1, -0.05) is 36.4 Å². The van der Waals surface area contributed by atoms with Gasteiger partial charge in [0.25, 0.3) is 11.6 Å². The Kier molecular flexibility index (Phi) is 7.23. The van der Waals surface area contributed by atoms with E-state index in [0.717, 1.165) is 10.5 Å². The van der Waals surface area contributed by atoms with Crippen LogP contribution in [-0.2, 0) is 4.79 Å². The minimum atomic E-state index is -0.581. The summed E-state index contributed by atoms with van der Waals surface area (Å²) >= 11 is 1.34. The van der Waals surface area contributed by atoms with E-state index in [2.05, 4.69) is 10.6 Å². The molecule has 0 aliphatic carbocycles. The number of anilines is 2. The molecule has 38 heavy (non-hydrogen) atoms. The third-order valence-electron chi connectivity index (χ3n) is 5.67. The first-order chi connectivity index (χ1) is 18.5. The molecule has 2 amide bonds. The normalized spacial score (nSPS) is 12.4. The molecule has 1 unspecified atom stereocenters. The fourth-order valence-corrected chi connectivity index (χ4v) is 4.89. The molecule has 10 heteroatoms. The molecule has 1 atom stereocenters. The minimum Gasteiger partial charge on any atom is -0.454 e. The van der Waals surface area contributed by atoms with E-state index >= 15 is 0 Å². The van der Waals surface area contributed by atoms with Crippen molar-refractivity contribution in [3.63, 3.8) is 0 Å². The molecule has 4 aromatic rings. The Morgan fingerprint density at radius 1 is 0.816 bits per heavy atom. The molecule has 0 saturated heterocycles. The molecule has 5 rings (SSSR count). The zero-order valence-corrected chi connectivity index (χ0v) is 20.6. The molecule has 1 aliphatic heterocycles. The number of carbonyl (C=O) groups excluding carboxylic acids is 2. The molecule has 0 saturated carbocycles. The Bertz CT molecular complexity index is 1490. The summed E-state index contributed by atoms with van der Waals surface area (Å²) in [6, 6.07) is 27.1. The maximum Gasteiger partial charge on any atom is 0.269 e. The quantitative estimate of drug-likeness (QED) is 0.163. The number of nitro groups is 1. The van der Waals surface area contributed by atoms with E-state index in [1.165, 1.54) is 36.0 Å². The van der Waals surface area contributed by atoms with Crippen molar-refractivity contribution in [3.8, 4) is 11.5 Å². The van der Waals surface area contributed by atoms with Gasteiger partial charge in [-0.2, -0.15) is 0 Å². The SMILES string of the molecule is O=C(Nc1cccc(SC(C(=O)Nc2ccc3c(c2)OCO3)c2ccccc2)c1)c1ccc([N+](=O)[O-])cc1. The van der Waals surface area contributed by atoms with Crippen LogP contribution in [0.25, 0.3) is 0 Å². The Morgan fingerprint density at radius 3 is 2.32 bits per heavy atom. The number of hydrogen-bond acceptors (Lipinski definition) is 7. The molecular formula is C28H21N3O6S. The second-order valence-electron chi connectivity index (χ2n) is 8.25. The number of amides is 2. The van der Waals surface area contributed by atoms with E-state index in [-0.39, 0.29) is 18.4 Å². The highest BCUT2D eigenvalue weighted by Gasteiger charge is 2.23. The molecule has 9 nitrogen and oxygen atoms in total. The van der Waals surface area contributed by atoms with Crippen molar-refractivity contribution in [1.29, 1.82) is 0 Å². The minimum absolute atomic E-state index is 0.0917. The summed E-state index contributed by atoms with van der Waals surface area (Å²) in [6.45, 7) is 0.145. The van der Waals surface area contributed by atoms with Crippen LogP contribution in [0.5, 0.6) is 11.5 Å². The molecule has 2 N–H and O–H groups in total. The summed E-state index contributed by atoms with van der Waals surface area (Å²) in [5.74, 6) is 0.579. The second-order valence-corrected chi connectivity index (χ2v) is 9.43. The molecule has 0 bridgehead atoms. The van der Waals surface area contributed by atoms with Crippen LogP contribution in [-0.4, -0.2) is 23.5 Å². The predicted molar refractivity (Wildman–Crippen MR) is 144 cm³/mol. The summed E-state index contributed by atoms with van der Waals surface area (Å²) in [7, 11) is 0. The van der Waals surface area contributed by atoms with E-state index in [4.69, 9.17) is 9.47 Å². The van der Waals surface area contributed by atoms with Gasteiger partial charge in [-0.15, -0.1) is 11.8 Å². The lowest BCUT2D eigenvalue weighted by molar-refractivity contribution is -0.384. The Hall–Kier alpha value is -4.83. The Morgan fingerprint density at radius 2 is 1.55 bits per heavy atom. The van der Waals surface area contributed by atoms with E-state index in [0.29, 0.717) is 28.4 Å². The molecule has 1 heterocycles. The van der Waals surface area contributed by atoms with Crippen molar-refractivity contribution in [2.24, 2.45) is 0 Å². The summed E-state index contributed by atoms with van der Waals surface area (Å²) in [5, 5.41) is 16.0. The van der Waals surface area contributed by atoms with Gasteiger partial charge in [0, 0.05) is 40.0 Å². The first-order valence-electron chi connectivity index (χ1n) is 11.5. The van der Waals surface area contributed by atoms with Gasteiger partial charge in [-0.25, -0.2) is 0 Å². The Labute approximate surface area is 221 Å². The number of nitrogens with zero attached hydrogens (tertiary/aromatic N) is 1. The number of nitro benzene ring substituents is 1. The average molecular weight is 528 g/mol. The summed E-state index contributed by atoms with van der Waals surface area (Å²) in [6.07, 6.45) is 0. The molecular weight excluding hydrogens is 506 g/mol. The van der Waals surface area contributed by atoms with E-state index in [1.54, 1.807) is 36.4 Å². The van der Waals surface area contributed by atoms with Gasteiger partial charge in [0.05, 0.1) is 4.92 Å². The summed E-state index contributed by atoms with van der Waals surface area (Å²) < 4.78 is 10.8.